The zero-order valence-electron chi connectivity index (χ0n) is 12.2. The van der Waals surface area contributed by atoms with Crippen molar-refractivity contribution in [3.05, 3.63) is 72.8 Å². The van der Waals surface area contributed by atoms with Crippen LogP contribution in [0.1, 0.15) is 12.8 Å². The summed E-state index contributed by atoms with van der Waals surface area (Å²) in [5.74, 6) is 0. The molecule has 5 rings (SSSR count). The maximum atomic E-state index is 14.1. The van der Waals surface area contributed by atoms with Gasteiger partial charge in [-0.25, -0.2) is 0 Å². The Morgan fingerprint density at radius 3 is 1.86 bits per heavy atom. The van der Waals surface area contributed by atoms with Crippen molar-refractivity contribution in [3.8, 4) is 0 Å². The quantitative estimate of drug-likeness (QED) is 0.644. The van der Waals surface area contributed by atoms with Crippen LogP contribution in [-0.4, -0.2) is 17.0 Å². The van der Waals surface area contributed by atoms with E-state index in [2.05, 4.69) is 12.2 Å². The second-order valence-corrected chi connectivity index (χ2v) is 8.30. The maximum Gasteiger partial charge on any atom is 0.229 e. The van der Waals surface area contributed by atoms with Crippen molar-refractivity contribution in [1.82, 2.24) is 4.83 Å². The van der Waals surface area contributed by atoms with Crippen LogP contribution in [0.3, 0.4) is 0 Å². The Kier molecular flexibility index (Phi) is 3.50. The summed E-state index contributed by atoms with van der Waals surface area (Å²) in [7, 11) is -2.98. The molecule has 0 N–H and O–H groups in total. The molecule has 22 heavy (non-hydrogen) atoms. The highest BCUT2D eigenvalue weighted by atomic mass is 31.2. The lowest BCUT2D eigenvalue weighted by Crippen LogP contribution is -2.47. The van der Waals surface area contributed by atoms with E-state index in [1.165, 1.54) is 0 Å². The van der Waals surface area contributed by atoms with Crippen molar-refractivity contribution in [2.75, 3.05) is 0 Å². The van der Waals surface area contributed by atoms with Crippen LogP contribution in [0.2, 0.25) is 0 Å². The van der Waals surface area contributed by atoms with Crippen LogP contribution < -0.4 is 10.6 Å². The minimum Gasteiger partial charge on any atom is -0.294 e. The predicted octanol–water partition coefficient (Wildman–Crippen LogP) is 3.25. The highest BCUT2D eigenvalue weighted by Gasteiger charge is 2.44. The average molecular weight is 311 g/mol. The number of nitrogens with zero attached hydrogens (tertiary/aromatic N) is 1. The fourth-order valence-corrected chi connectivity index (χ4v) is 5.95. The van der Waals surface area contributed by atoms with Gasteiger partial charge in [0.1, 0.15) is 0 Å². The fraction of sp³-hybridized carbons (Fsp3) is 0.222. The van der Waals surface area contributed by atoms with Crippen molar-refractivity contribution in [3.63, 3.8) is 0 Å². The first-order chi connectivity index (χ1) is 10.8. The Morgan fingerprint density at radius 1 is 0.864 bits per heavy atom. The van der Waals surface area contributed by atoms with E-state index in [-0.39, 0.29) is 12.1 Å². The zero-order chi connectivity index (χ0) is 15.0. The molecule has 2 heterocycles. The molecule has 0 aromatic heterocycles. The van der Waals surface area contributed by atoms with Crippen molar-refractivity contribution in [2.45, 2.75) is 25.0 Å². The third-order valence-corrected chi connectivity index (χ3v) is 7.25. The third kappa shape index (κ3) is 2.17. The van der Waals surface area contributed by atoms with Crippen LogP contribution in [0.5, 0.6) is 0 Å². The molecule has 0 saturated carbocycles. The van der Waals surface area contributed by atoms with Gasteiger partial charge in [0.25, 0.3) is 0 Å². The van der Waals surface area contributed by atoms with Gasteiger partial charge in [-0.15, -0.1) is 4.83 Å². The molecule has 2 bridgehead atoms. The lowest BCUT2D eigenvalue weighted by molar-refractivity contribution is -0.169. The van der Waals surface area contributed by atoms with Crippen LogP contribution in [0.4, 0.5) is 0 Å². The molecule has 1 fully saturated rings. The van der Waals surface area contributed by atoms with E-state index >= 15 is 0 Å². The molecule has 112 valence electrons. The van der Waals surface area contributed by atoms with Gasteiger partial charge in [-0.1, -0.05) is 48.6 Å². The monoisotopic (exact) mass is 311 g/mol. The van der Waals surface area contributed by atoms with Crippen molar-refractivity contribution >= 4 is 17.9 Å². The van der Waals surface area contributed by atoms with Crippen LogP contribution in [0.15, 0.2) is 72.8 Å². The standard InChI is InChI=1S/C18H18NO2P/c20-22(17-7-3-1-4-8-17,18-9-5-2-6-10-18)19-15-11-13-16(21-19)14-12-15/h1-11,13,15-16H,12,14H2. The first-order valence-electron chi connectivity index (χ1n) is 7.64. The molecular weight excluding hydrogens is 293 g/mol. The zero-order valence-corrected chi connectivity index (χ0v) is 13.1. The summed E-state index contributed by atoms with van der Waals surface area (Å²) in [6.07, 6.45) is 6.26. The van der Waals surface area contributed by atoms with Crippen LogP contribution >= 0.6 is 7.29 Å². The fourth-order valence-electron chi connectivity index (χ4n) is 3.18. The molecular formula is C18H18NO2P. The smallest absolute Gasteiger partial charge is 0.229 e. The highest BCUT2D eigenvalue weighted by Crippen LogP contribution is 2.52. The Bertz CT molecular complexity index is 686. The summed E-state index contributed by atoms with van der Waals surface area (Å²) >= 11 is 0. The van der Waals surface area contributed by atoms with Gasteiger partial charge in [0.05, 0.1) is 12.1 Å². The van der Waals surface area contributed by atoms with Gasteiger partial charge in [-0.2, -0.15) is 0 Å². The lowest BCUT2D eigenvalue weighted by atomic mass is 10.00. The molecule has 4 heteroatoms. The van der Waals surface area contributed by atoms with E-state index < -0.39 is 7.29 Å². The number of hydrogen-bond acceptors (Lipinski definition) is 2. The summed E-state index contributed by atoms with van der Waals surface area (Å²) in [5, 5.41) is 1.64. The van der Waals surface area contributed by atoms with E-state index in [9.17, 15) is 4.57 Å². The SMILES string of the molecule is O=P(c1ccccc1)(c1ccccc1)N1OC2C=CC1CC2. The second kappa shape index (κ2) is 5.51. The molecule has 2 atom stereocenters. The summed E-state index contributed by atoms with van der Waals surface area (Å²) in [4.78, 5) is 7.81. The first kappa shape index (κ1) is 14.0. The minimum atomic E-state index is -2.98. The topological polar surface area (TPSA) is 29.5 Å². The van der Waals surface area contributed by atoms with Gasteiger partial charge in [-0.05, 0) is 37.1 Å². The van der Waals surface area contributed by atoms with Crippen LogP contribution in [0, 0.1) is 0 Å². The molecule has 1 saturated heterocycles. The Hall–Kier alpha value is -1.67. The van der Waals surface area contributed by atoms with Crippen LogP contribution in [-0.2, 0) is 9.40 Å². The lowest BCUT2D eigenvalue weighted by Gasteiger charge is -2.44. The highest BCUT2D eigenvalue weighted by molar-refractivity contribution is 7.76. The van der Waals surface area contributed by atoms with Crippen molar-refractivity contribution in [1.29, 1.82) is 0 Å². The van der Waals surface area contributed by atoms with Gasteiger partial charge in [-0.3, -0.25) is 9.40 Å². The van der Waals surface area contributed by atoms with E-state index in [1.54, 1.807) is 4.83 Å². The summed E-state index contributed by atoms with van der Waals surface area (Å²) in [5.41, 5.74) is 0. The normalized spacial score (nSPS) is 24.5. The summed E-state index contributed by atoms with van der Waals surface area (Å²) in [6.45, 7) is 0. The molecule has 2 aromatic carbocycles. The molecule has 2 unspecified atom stereocenters. The number of hydroxylamine groups is 1. The first-order valence-corrected chi connectivity index (χ1v) is 9.30. The Morgan fingerprint density at radius 2 is 1.45 bits per heavy atom. The molecule has 1 aliphatic carbocycles. The number of benzene rings is 2. The third-order valence-electron chi connectivity index (χ3n) is 4.31. The van der Waals surface area contributed by atoms with Crippen LogP contribution in [0.25, 0.3) is 0 Å². The maximum absolute atomic E-state index is 14.1. The van der Waals surface area contributed by atoms with E-state index in [0.717, 1.165) is 23.5 Å². The Labute approximate surface area is 130 Å². The van der Waals surface area contributed by atoms with Crippen molar-refractivity contribution < 1.29 is 9.40 Å². The van der Waals surface area contributed by atoms with Gasteiger partial charge in [0.2, 0.25) is 7.29 Å². The second-order valence-electron chi connectivity index (χ2n) is 5.72. The van der Waals surface area contributed by atoms with Gasteiger partial charge in [0.15, 0.2) is 0 Å². The number of rotatable bonds is 3. The van der Waals surface area contributed by atoms with Gasteiger partial charge in [0, 0.05) is 10.6 Å². The molecule has 2 aromatic rings. The van der Waals surface area contributed by atoms with E-state index in [4.69, 9.17) is 4.84 Å². The number of hydrogen-bond donors (Lipinski definition) is 0. The molecule has 3 aliphatic rings. The molecule has 0 amide bonds. The molecule has 0 spiro atoms. The van der Waals surface area contributed by atoms with E-state index in [0.29, 0.717) is 0 Å². The predicted molar refractivity (Wildman–Crippen MR) is 88.6 cm³/mol. The summed E-state index contributed by atoms with van der Waals surface area (Å²) < 4.78 is 14.1. The van der Waals surface area contributed by atoms with Gasteiger partial charge < -0.3 is 0 Å². The van der Waals surface area contributed by atoms with Crippen molar-refractivity contribution in [2.24, 2.45) is 0 Å². The Balaban J connectivity index is 1.87. The summed E-state index contributed by atoms with van der Waals surface area (Å²) in [6, 6.07) is 19.4. The molecule has 3 nitrogen and oxygen atoms in total. The van der Waals surface area contributed by atoms with E-state index in [1.807, 2.05) is 60.7 Å². The molecule has 2 aliphatic heterocycles. The largest absolute Gasteiger partial charge is 0.294 e. The number of fused-ring (bicyclic) bond motifs is 2. The average Bonchev–Trinajstić information content (AvgIpc) is 2.63. The molecule has 0 radical (unpaired) electrons. The minimum absolute atomic E-state index is 0.0470. The van der Waals surface area contributed by atoms with Gasteiger partial charge >= 0.3 is 0 Å².